The summed E-state index contributed by atoms with van der Waals surface area (Å²) in [6.45, 7) is 2.05. The minimum Gasteiger partial charge on any atom is -0.364 e. The Kier molecular flexibility index (Phi) is 8.39. The second-order valence-corrected chi connectivity index (χ2v) is 4.24. The Morgan fingerprint density at radius 2 is 2.17 bits per heavy atom. The van der Waals surface area contributed by atoms with E-state index in [0.717, 1.165) is 6.42 Å². The van der Waals surface area contributed by atoms with Gasteiger partial charge in [-0.3, -0.25) is 4.79 Å². The number of nitrogens with zero attached hydrogens (tertiary/aromatic N) is 1. The number of ether oxygens (including phenoxy) is 1. The third-order valence-corrected chi connectivity index (χ3v) is 2.81. The Bertz CT molecular complexity index is 257. The molecule has 108 valence electrons. The summed E-state index contributed by atoms with van der Waals surface area (Å²) in [5.74, 6) is -0.330. The summed E-state index contributed by atoms with van der Waals surface area (Å²) in [6, 6.07) is 0. The molecule has 1 aliphatic rings. The lowest BCUT2D eigenvalue weighted by atomic mass is 10.1. The summed E-state index contributed by atoms with van der Waals surface area (Å²) in [6.07, 6.45) is -1.25. The van der Waals surface area contributed by atoms with E-state index >= 15 is 0 Å². The summed E-state index contributed by atoms with van der Waals surface area (Å²) in [4.78, 5) is 13.1. The van der Waals surface area contributed by atoms with Crippen molar-refractivity contribution in [1.29, 1.82) is 0 Å². The lowest BCUT2D eigenvalue weighted by Crippen LogP contribution is -2.42. The van der Waals surface area contributed by atoms with Gasteiger partial charge in [0.05, 0.1) is 12.6 Å². The molecule has 18 heavy (non-hydrogen) atoms. The van der Waals surface area contributed by atoms with Crippen molar-refractivity contribution in [2.24, 2.45) is 5.73 Å². The van der Waals surface area contributed by atoms with Crippen molar-refractivity contribution in [3.63, 3.8) is 0 Å². The van der Waals surface area contributed by atoms with Crippen molar-refractivity contribution in [2.45, 2.75) is 44.8 Å². The predicted octanol–water partition coefficient (Wildman–Crippen LogP) is 1.42. The van der Waals surface area contributed by atoms with Gasteiger partial charge in [0.1, 0.15) is 6.10 Å². The predicted molar refractivity (Wildman–Crippen MR) is 67.1 cm³/mol. The maximum absolute atomic E-state index is 12.3. The molecule has 0 bridgehead atoms. The van der Waals surface area contributed by atoms with Crippen LogP contribution in [0, 0.1) is 0 Å². The minimum absolute atomic E-state index is 0. The van der Waals surface area contributed by atoms with E-state index in [1.165, 1.54) is 4.90 Å². The lowest BCUT2D eigenvalue weighted by molar-refractivity contribution is -0.144. The maximum atomic E-state index is 12.3. The highest BCUT2D eigenvalue weighted by Gasteiger charge is 2.33. The molecule has 1 saturated heterocycles. The fraction of sp³-hybridized carbons (Fsp3) is 0.909. The SMILES string of the molecule is CCCN(CC(F)F)C(=O)[C@@H]1CC[C@H](CN)O1.Cl. The highest BCUT2D eigenvalue weighted by molar-refractivity contribution is 5.85. The molecular formula is C11H21ClF2N2O2. The van der Waals surface area contributed by atoms with Crippen LogP contribution in [0.1, 0.15) is 26.2 Å². The van der Waals surface area contributed by atoms with Crippen LogP contribution in [0.3, 0.4) is 0 Å². The van der Waals surface area contributed by atoms with Crippen molar-refractivity contribution in [3.05, 3.63) is 0 Å². The van der Waals surface area contributed by atoms with Crippen LogP contribution in [0.2, 0.25) is 0 Å². The zero-order valence-corrected chi connectivity index (χ0v) is 11.3. The van der Waals surface area contributed by atoms with Gasteiger partial charge < -0.3 is 15.4 Å². The van der Waals surface area contributed by atoms with Crippen molar-refractivity contribution >= 4 is 18.3 Å². The van der Waals surface area contributed by atoms with Crippen LogP contribution >= 0.6 is 12.4 Å². The molecule has 7 heteroatoms. The van der Waals surface area contributed by atoms with Crippen LogP contribution in [-0.4, -0.2) is 49.1 Å². The molecule has 2 atom stereocenters. The van der Waals surface area contributed by atoms with Crippen molar-refractivity contribution < 1.29 is 18.3 Å². The summed E-state index contributed by atoms with van der Waals surface area (Å²) < 4.78 is 30.1. The van der Waals surface area contributed by atoms with Crippen molar-refractivity contribution in [1.82, 2.24) is 4.90 Å². The summed E-state index contributed by atoms with van der Waals surface area (Å²) >= 11 is 0. The number of halogens is 3. The molecule has 0 aliphatic carbocycles. The molecule has 1 heterocycles. The fourth-order valence-corrected chi connectivity index (χ4v) is 1.99. The highest BCUT2D eigenvalue weighted by Crippen LogP contribution is 2.21. The summed E-state index contributed by atoms with van der Waals surface area (Å²) in [7, 11) is 0. The van der Waals surface area contributed by atoms with Gasteiger partial charge in [-0.2, -0.15) is 0 Å². The van der Waals surface area contributed by atoms with Crippen LogP contribution in [0.4, 0.5) is 8.78 Å². The molecule has 1 aliphatic heterocycles. The van der Waals surface area contributed by atoms with Crippen LogP contribution in [-0.2, 0) is 9.53 Å². The first-order valence-electron chi connectivity index (χ1n) is 6.01. The molecule has 0 spiro atoms. The van der Waals surface area contributed by atoms with Gasteiger partial charge in [-0.15, -0.1) is 12.4 Å². The Labute approximate surface area is 112 Å². The average molecular weight is 287 g/mol. The lowest BCUT2D eigenvalue weighted by Gasteiger charge is -2.24. The molecule has 0 saturated carbocycles. The number of nitrogens with two attached hydrogens (primary N) is 1. The monoisotopic (exact) mass is 286 g/mol. The zero-order valence-electron chi connectivity index (χ0n) is 10.5. The number of hydrogen-bond acceptors (Lipinski definition) is 3. The minimum atomic E-state index is -2.50. The van der Waals surface area contributed by atoms with Crippen molar-refractivity contribution in [2.75, 3.05) is 19.6 Å². The van der Waals surface area contributed by atoms with Crippen LogP contribution in [0.5, 0.6) is 0 Å². The molecule has 0 aromatic rings. The fourth-order valence-electron chi connectivity index (χ4n) is 1.99. The van der Waals surface area contributed by atoms with E-state index in [1.54, 1.807) is 0 Å². The van der Waals surface area contributed by atoms with E-state index in [9.17, 15) is 13.6 Å². The average Bonchev–Trinajstić information content (AvgIpc) is 2.75. The molecular weight excluding hydrogens is 266 g/mol. The second-order valence-electron chi connectivity index (χ2n) is 4.24. The molecule has 1 rings (SSSR count). The third kappa shape index (κ3) is 5.04. The van der Waals surface area contributed by atoms with Gasteiger partial charge in [0.2, 0.25) is 0 Å². The molecule has 4 nitrogen and oxygen atoms in total. The van der Waals surface area contributed by atoms with Gasteiger partial charge in [0.25, 0.3) is 12.3 Å². The maximum Gasteiger partial charge on any atom is 0.255 e. The Morgan fingerprint density at radius 1 is 1.50 bits per heavy atom. The molecule has 2 N–H and O–H groups in total. The molecule has 0 aromatic heterocycles. The normalized spacial score (nSPS) is 22.9. The quantitative estimate of drug-likeness (QED) is 0.803. The van der Waals surface area contributed by atoms with E-state index < -0.39 is 19.1 Å². The van der Waals surface area contributed by atoms with Gasteiger partial charge in [0.15, 0.2) is 0 Å². The van der Waals surface area contributed by atoms with E-state index in [2.05, 4.69) is 0 Å². The van der Waals surface area contributed by atoms with Crippen LogP contribution in [0.15, 0.2) is 0 Å². The first kappa shape index (κ1) is 17.5. The first-order chi connectivity index (χ1) is 8.08. The number of rotatable bonds is 6. The molecule has 0 unspecified atom stereocenters. The standard InChI is InChI=1S/C11H20F2N2O2.ClH/c1-2-5-15(7-10(12)13)11(16)9-4-3-8(6-14)17-9;/h8-10H,2-7,14H2,1H3;1H/t8-,9+;/m1./s1. The largest absolute Gasteiger partial charge is 0.364 e. The van der Waals surface area contributed by atoms with Gasteiger partial charge in [-0.05, 0) is 19.3 Å². The topological polar surface area (TPSA) is 55.6 Å². The number of carbonyl (C=O) groups is 1. The van der Waals surface area contributed by atoms with Crippen LogP contribution in [0.25, 0.3) is 0 Å². The molecule has 1 fully saturated rings. The molecule has 0 radical (unpaired) electrons. The number of carbonyl (C=O) groups excluding carboxylic acids is 1. The Balaban J connectivity index is 0.00000289. The van der Waals surface area contributed by atoms with Crippen molar-refractivity contribution in [3.8, 4) is 0 Å². The molecule has 1 amide bonds. The van der Waals surface area contributed by atoms with E-state index in [-0.39, 0.29) is 24.4 Å². The smallest absolute Gasteiger partial charge is 0.255 e. The van der Waals surface area contributed by atoms with Gasteiger partial charge in [-0.1, -0.05) is 6.92 Å². The van der Waals surface area contributed by atoms with E-state index in [1.807, 2.05) is 6.92 Å². The van der Waals surface area contributed by atoms with Gasteiger partial charge in [-0.25, -0.2) is 8.78 Å². The number of alkyl halides is 2. The zero-order chi connectivity index (χ0) is 12.8. The Hall–Kier alpha value is -0.460. The second kappa shape index (κ2) is 8.61. The van der Waals surface area contributed by atoms with E-state index in [0.29, 0.717) is 25.9 Å². The third-order valence-electron chi connectivity index (χ3n) is 2.81. The first-order valence-corrected chi connectivity index (χ1v) is 6.01. The molecule has 0 aromatic carbocycles. The Morgan fingerprint density at radius 3 is 2.61 bits per heavy atom. The summed E-state index contributed by atoms with van der Waals surface area (Å²) in [5, 5.41) is 0. The van der Waals surface area contributed by atoms with Gasteiger partial charge in [0, 0.05) is 13.1 Å². The summed E-state index contributed by atoms with van der Waals surface area (Å²) in [5.41, 5.74) is 5.44. The number of amides is 1. The highest BCUT2D eigenvalue weighted by atomic mass is 35.5. The van der Waals surface area contributed by atoms with Gasteiger partial charge >= 0.3 is 0 Å². The number of hydrogen-bond donors (Lipinski definition) is 1. The van der Waals surface area contributed by atoms with E-state index in [4.69, 9.17) is 10.5 Å². The van der Waals surface area contributed by atoms with Crippen LogP contribution < -0.4 is 5.73 Å².